The highest BCUT2D eigenvalue weighted by molar-refractivity contribution is 7.99. The molecule has 2 rings (SSSR count). The van der Waals surface area contributed by atoms with Gasteiger partial charge in [0.05, 0.1) is 20.8 Å². The Morgan fingerprint density at radius 3 is 2.60 bits per heavy atom. The van der Waals surface area contributed by atoms with Gasteiger partial charge < -0.3 is 14.2 Å². The summed E-state index contributed by atoms with van der Waals surface area (Å²) in [5.41, 5.74) is 1.67. The molecule has 1 aromatic carbocycles. The fourth-order valence-corrected chi connectivity index (χ4v) is 3.05. The van der Waals surface area contributed by atoms with Gasteiger partial charge in [-0.1, -0.05) is 0 Å². The Bertz CT molecular complexity index is 537. The Labute approximate surface area is 123 Å². The largest absolute Gasteiger partial charge is 0.493 e. The van der Waals surface area contributed by atoms with Gasteiger partial charge in [0, 0.05) is 16.2 Å². The van der Waals surface area contributed by atoms with Crippen LogP contribution in [0.4, 0.5) is 0 Å². The van der Waals surface area contributed by atoms with E-state index in [1.54, 1.807) is 26.0 Å². The SMILES string of the molecule is CCOC(=O)C1=Cc2cc(OC)c(OC)cc2SCC1. The van der Waals surface area contributed by atoms with Crippen LogP contribution in [0, 0.1) is 0 Å². The molecule has 0 unspecified atom stereocenters. The number of ether oxygens (including phenoxy) is 3. The van der Waals surface area contributed by atoms with E-state index in [0.29, 0.717) is 30.1 Å². The van der Waals surface area contributed by atoms with Crippen LogP contribution in [-0.4, -0.2) is 32.5 Å². The molecule has 0 saturated carbocycles. The number of benzene rings is 1. The van der Waals surface area contributed by atoms with Crippen LogP contribution in [0.2, 0.25) is 0 Å². The minimum Gasteiger partial charge on any atom is -0.493 e. The second-order valence-electron chi connectivity index (χ2n) is 4.23. The van der Waals surface area contributed by atoms with Crippen molar-refractivity contribution in [3.8, 4) is 11.5 Å². The number of carbonyl (C=O) groups is 1. The zero-order valence-electron chi connectivity index (χ0n) is 11.9. The number of esters is 1. The second kappa shape index (κ2) is 6.70. The number of hydrogen-bond acceptors (Lipinski definition) is 5. The van der Waals surface area contributed by atoms with E-state index in [1.807, 2.05) is 25.1 Å². The zero-order chi connectivity index (χ0) is 14.5. The average Bonchev–Trinajstić information content (AvgIpc) is 2.67. The van der Waals surface area contributed by atoms with Gasteiger partial charge in [0.1, 0.15) is 0 Å². The standard InChI is InChI=1S/C15H18O4S/c1-4-19-15(16)10-5-6-20-14-9-13(18-3)12(17-2)8-11(14)7-10/h7-9H,4-6H2,1-3H3. The number of carbonyl (C=O) groups excluding carboxylic acids is 1. The van der Waals surface area contributed by atoms with Gasteiger partial charge in [0.15, 0.2) is 11.5 Å². The Kier molecular flexibility index (Phi) is 4.95. The van der Waals surface area contributed by atoms with Gasteiger partial charge in [0.25, 0.3) is 0 Å². The highest BCUT2D eigenvalue weighted by Gasteiger charge is 2.18. The molecule has 4 nitrogen and oxygen atoms in total. The first-order valence-electron chi connectivity index (χ1n) is 6.46. The van der Waals surface area contributed by atoms with Gasteiger partial charge in [-0.2, -0.15) is 0 Å². The molecular weight excluding hydrogens is 276 g/mol. The fourth-order valence-electron chi connectivity index (χ4n) is 2.03. The van der Waals surface area contributed by atoms with E-state index < -0.39 is 0 Å². The molecule has 0 aromatic heterocycles. The van der Waals surface area contributed by atoms with Gasteiger partial charge in [-0.3, -0.25) is 0 Å². The van der Waals surface area contributed by atoms with Crippen LogP contribution in [0.25, 0.3) is 6.08 Å². The molecule has 5 heteroatoms. The molecule has 0 aliphatic carbocycles. The van der Waals surface area contributed by atoms with E-state index in [-0.39, 0.29) is 5.97 Å². The summed E-state index contributed by atoms with van der Waals surface area (Å²) in [7, 11) is 3.22. The molecule has 0 amide bonds. The number of rotatable bonds is 4. The normalized spacial score (nSPS) is 13.8. The van der Waals surface area contributed by atoms with E-state index in [1.165, 1.54) is 0 Å². The monoisotopic (exact) mass is 294 g/mol. The Hall–Kier alpha value is -1.62. The quantitative estimate of drug-likeness (QED) is 0.798. The molecule has 0 bridgehead atoms. The maximum Gasteiger partial charge on any atom is 0.334 e. The van der Waals surface area contributed by atoms with Crippen molar-refractivity contribution in [3.05, 3.63) is 23.3 Å². The summed E-state index contributed by atoms with van der Waals surface area (Å²) in [5.74, 6) is 1.96. The number of hydrogen-bond donors (Lipinski definition) is 0. The summed E-state index contributed by atoms with van der Waals surface area (Å²) >= 11 is 1.70. The van der Waals surface area contributed by atoms with E-state index in [2.05, 4.69) is 0 Å². The lowest BCUT2D eigenvalue weighted by Crippen LogP contribution is -2.07. The van der Waals surface area contributed by atoms with Crippen molar-refractivity contribution in [3.63, 3.8) is 0 Å². The summed E-state index contributed by atoms with van der Waals surface area (Å²) in [6, 6.07) is 3.84. The third kappa shape index (κ3) is 3.10. The fraction of sp³-hybridized carbons (Fsp3) is 0.400. The molecule has 0 N–H and O–H groups in total. The molecule has 0 atom stereocenters. The Morgan fingerprint density at radius 1 is 1.25 bits per heavy atom. The molecule has 0 saturated heterocycles. The molecule has 108 valence electrons. The molecule has 1 aromatic rings. The highest BCUT2D eigenvalue weighted by Crippen LogP contribution is 2.38. The van der Waals surface area contributed by atoms with Crippen molar-refractivity contribution in [1.29, 1.82) is 0 Å². The van der Waals surface area contributed by atoms with Gasteiger partial charge in [-0.15, -0.1) is 11.8 Å². The van der Waals surface area contributed by atoms with E-state index in [0.717, 1.165) is 16.2 Å². The zero-order valence-corrected chi connectivity index (χ0v) is 12.7. The Balaban J connectivity index is 2.41. The minimum atomic E-state index is -0.240. The third-order valence-corrected chi connectivity index (χ3v) is 4.09. The van der Waals surface area contributed by atoms with Gasteiger partial charge in [0.2, 0.25) is 0 Å². The van der Waals surface area contributed by atoms with Crippen LogP contribution in [0.5, 0.6) is 11.5 Å². The highest BCUT2D eigenvalue weighted by atomic mass is 32.2. The first kappa shape index (κ1) is 14.8. The maximum absolute atomic E-state index is 11.9. The number of thioether (sulfide) groups is 1. The summed E-state index contributed by atoms with van der Waals surface area (Å²) in [4.78, 5) is 13.0. The van der Waals surface area contributed by atoms with Crippen LogP contribution in [0.15, 0.2) is 22.6 Å². The molecule has 1 aliphatic heterocycles. The maximum atomic E-state index is 11.9. The molecule has 0 spiro atoms. The number of fused-ring (bicyclic) bond motifs is 1. The van der Waals surface area contributed by atoms with Crippen LogP contribution in [0.3, 0.4) is 0 Å². The lowest BCUT2D eigenvalue weighted by molar-refractivity contribution is -0.138. The van der Waals surface area contributed by atoms with Crippen molar-refractivity contribution in [2.45, 2.75) is 18.2 Å². The van der Waals surface area contributed by atoms with Crippen molar-refractivity contribution in [2.75, 3.05) is 26.6 Å². The van der Waals surface area contributed by atoms with Crippen molar-refractivity contribution >= 4 is 23.8 Å². The van der Waals surface area contributed by atoms with Crippen molar-refractivity contribution < 1.29 is 19.0 Å². The lowest BCUT2D eigenvalue weighted by atomic mass is 10.1. The summed E-state index contributed by atoms with van der Waals surface area (Å²) in [5, 5.41) is 0. The van der Waals surface area contributed by atoms with Gasteiger partial charge >= 0.3 is 5.97 Å². The first-order chi connectivity index (χ1) is 9.69. The molecule has 0 radical (unpaired) electrons. The average molecular weight is 294 g/mol. The molecule has 20 heavy (non-hydrogen) atoms. The first-order valence-corrected chi connectivity index (χ1v) is 7.44. The lowest BCUT2D eigenvalue weighted by Gasteiger charge is -2.11. The molecular formula is C15H18O4S. The molecule has 0 fully saturated rings. The van der Waals surface area contributed by atoms with Crippen LogP contribution >= 0.6 is 11.8 Å². The van der Waals surface area contributed by atoms with E-state index >= 15 is 0 Å². The van der Waals surface area contributed by atoms with Gasteiger partial charge in [-0.05, 0) is 37.1 Å². The van der Waals surface area contributed by atoms with E-state index in [9.17, 15) is 4.79 Å². The smallest absolute Gasteiger partial charge is 0.334 e. The second-order valence-corrected chi connectivity index (χ2v) is 5.37. The topological polar surface area (TPSA) is 44.8 Å². The van der Waals surface area contributed by atoms with E-state index in [4.69, 9.17) is 14.2 Å². The minimum absolute atomic E-state index is 0.240. The molecule has 1 aliphatic rings. The predicted octanol–water partition coefficient (Wildman–Crippen LogP) is 3.15. The van der Waals surface area contributed by atoms with Crippen LogP contribution in [-0.2, 0) is 9.53 Å². The summed E-state index contributed by atoms with van der Waals surface area (Å²) in [6.45, 7) is 2.20. The van der Waals surface area contributed by atoms with Crippen molar-refractivity contribution in [2.24, 2.45) is 0 Å². The third-order valence-electron chi connectivity index (χ3n) is 3.01. The van der Waals surface area contributed by atoms with Gasteiger partial charge in [-0.25, -0.2) is 4.79 Å². The molecule has 1 heterocycles. The van der Waals surface area contributed by atoms with Crippen LogP contribution in [0.1, 0.15) is 18.9 Å². The summed E-state index contributed by atoms with van der Waals surface area (Å²) in [6.07, 6.45) is 2.58. The van der Waals surface area contributed by atoms with Crippen molar-refractivity contribution in [1.82, 2.24) is 0 Å². The number of methoxy groups -OCH3 is 2. The van der Waals surface area contributed by atoms with Crippen LogP contribution < -0.4 is 9.47 Å². The summed E-state index contributed by atoms with van der Waals surface area (Å²) < 4.78 is 15.7. The predicted molar refractivity (Wildman–Crippen MR) is 79.5 cm³/mol. The Morgan fingerprint density at radius 2 is 1.95 bits per heavy atom.